The maximum atomic E-state index is 4.42. The lowest BCUT2D eigenvalue weighted by Gasteiger charge is -2.09. The largest absolute Gasteiger partial charge is 0.242 e. The van der Waals surface area contributed by atoms with Gasteiger partial charge in [-0.25, -0.2) is 14.5 Å². The van der Waals surface area contributed by atoms with E-state index < -0.39 is 0 Å². The molecule has 0 amide bonds. The second-order valence-corrected chi connectivity index (χ2v) is 3.39. The molecule has 0 saturated carbocycles. The van der Waals surface area contributed by atoms with E-state index >= 15 is 0 Å². The highest BCUT2D eigenvalue weighted by Gasteiger charge is 2.10. The van der Waals surface area contributed by atoms with Gasteiger partial charge in [0.15, 0.2) is 5.82 Å². The van der Waals surface area contributed by atoms with Crippen molar-refractivity contribution >= 4 is 5.52 Å². The third-order valence-electron chi connectivity index (χ3n) is 2.54. The molecule has 0 aliphatic heterocycles. The summed E-state index contributed by atoms with van der Waals surface area (Å²) in [6.45, 7) is 4.32. The number of fused-ring (bicyclic) bond motifs is 1. The zero-order valence-electron chi connectivity index (χ0n) is 8.51. The van der Waals surface area contributed by atoms with E-state index in [0.29, 0.717) is 5.92 Å². The van der Waals surface area contributed by atoms with Gasteiger partial charge in [0.05, 0.1) is 12.4 Å². The van der Waals surface area contributed by atoms with E-state index in [1.807, 2.05) is 6.20 Å². The first-order chi connectivity index (χ1) is 6.85. The van der Waals surface area contributed by atoms with Gasteiger partial charge < -0.3 is 0 Å². The van der Waals surface area contributed by atoms with Crippen LogP contribution in [-0.2, 0) is 0 Å². The van der Waals surface area contributed by atoms with Gasteiger partial charge in [-0.3, -0.25) is 0 Å². The monoisotopic (exact) mass is 190 g/mol. The number of hydrogen-bond donors (Lipinski definition) is 0. The van der Waals surface area contributed by atoms with Crippen molar-refractivity contribution in [3.05, 3.63) is 24.5 Å². The average Bonchev–Trinajstić information content (AvgIpc) is 2.66. The highest BCUT2D eigenvalue weighted by Crippen LogP contribution is 2.18. The van der Waals surface area contributed by atoms with E-state index in [4.69, 9.17) is 0 Å². The van der Waals surface area contributed by atoms with Crippen molar-refractivity contribution in [1.29, 1.82) is 0 Å². The molecule has 0 spiro atoms. The first-order valence-electron chi connectivity index (χ1n) is 5.00. The van der Waals surface area contributed by atoms with Crippen LogP contribution in [0, 0.1) is 0 Å². The van der Waals surface area contributed by atoms with E-state index in [1.165, 1.54) is 0 Å². The Morgan fingerprint density at radius 3 is 2.79 bits per heavy atom. The van der Waals surface area contributed by atoms with Crippen LogP contribution in [0.4, 0.5) is 0 Å². The molecule has 0 atom stereocenters. The molecule has 4 nitrogen and oxygen atoms in total. The van der Waals surface area contributed by atoms with Crippen LogP contribution in [0.15, 0.2) is 18.7 Å². The molecular formula is C10H14N4. The van der Waals surface area contributed by atoms with Crippen LogP contribution in [0.1, 0.15) is 38.4 Å². The molecule has 2 rings (SSSR count). The van der Waals surface area contributed by atoms with Crippen molar-refractivity contribution in [2.24, 2.45) is 0 Å². The van der Waals surface area contributed by atoms with Crippen molar-refractivity contribution in [1.82, 2.24) is 19.6 Å². The van der Waals surface area contributed by atoms with Crippen molar-refractivity contribution in [2.45, 2.75) is 32.6 Å². The highest BCUT2D eigenvalue weighted by atomic mass is 15.3. The summed E-state index contributed by atoms with van der Waals surface area (Å²) in [6, 6.07) is 0. The molecule has 0 radical (unpaired) electrons. The molecule has 0 bridgehead atoms. The molecule has 0 saturated heterocycles. The topological polar surface area (TPSA) is 43.1 Å². The first kappa shape index (κ1) is 9.12. The maximum Gasteiger partial charge on any atom is 0.152 e. The molecule has 0 N–H and O–H groups in total. The lowest BCUT2D eigenvalue weighted by molar-refractivity contribution is 0.584. The summed E-state index contributed by atoms with van der Waals surface area (Å²) < 4.78 is 1.78. The van der Waals surface area contributed by atoms with E-state index in [0.717, 1.165) is 24.2 Å². The third-order valence-corrected chi connectivity index (χ3v) is 2.54. The van der Waals surface area contributed by atoms with Gasteiger partial charge in [-0.2, -0.15) is 5.10 Å². The number of imidazole rings is 1. The minimum atomic E-state index is 0.460. The maximum absolute atomic E-state index is 4.42. The lowest BCUT2D eigenvalue weighted by Crippen LogP contribution is -2.05. The Labute approximate surface area is 83.0 Å². The van der Waals surface area contributed by atoms with E-state index in [2.05, 4.69) is 28.9 Å². The molecule has 2 aromatic rings. The van der Waals surface area contributed by atoms with Crippen LogP contribution in [0.25, 0.3) is 5.52 Å². The van der Waals surface area contributed by atoms with Gasteiger partial charge >= 0.3 is 0 Å². The summed E-state index contributed by atoms with van der Waals surface area (Å²) in [5, 5.41) is 4.42. The van der Waals surface area contributed by atoms with Gasteiger partial charge in [0.1, 0.15) is 11.8 Å². The van der Waals surface area contributed by atoms with Gasteiger partial charge in [0.2, 0.25) is 0 Å². The lowest BCUT2D eigenvalue weighted by atomic mass is 10.0. The molecule has 0 aromatic carbocycles. The number of hydrogen-bond acceptors (Lipinski definition) is 3. The Bertz CT molecular complexity index is 417. The van der Waals surface area contributed by atoms with Gasteiger partial charge in [0.25, 0.3) is 0 Å². The molecular weight excluding hydrogens is 176 g/mol. The number of aromatic nitrogens is 4. The molecule has 2 aromatic heterocycles. The molecule has 2 heterocycles. The Kier molecular flexibility index (Phi) is 2.43. The molecule has 4 heteroatoms. The van der Waals surface area contributed by atoms with Gasteiger partial charge in [-0.15, -0.1) is 0 Å². The second-order valence-electron chi connectivity index (χ2n) is 3.39. The average molecular weight is 190 g/mol. The predicted octanol–water partition coefficient (Wildman–Crippen LogP) is 2.03. The SMILES string of the molecule is CCC(CC)c1ncc2cncn2n1. The van der Waals surface area contributed by atoms with Crippen molar-refractivity contribution in [2.75, 3.05) is 0 Å². The minimum absolute atomic E-state index is 0.460. The van der Waals surface area contributed by atoms with E-state index in [1.54, 1.807) is 17.0 Å². The fourth-order valence-corrected chi connectivity index (χ4v) is 1.58. The summed E-state index contributed by atoms with van der Waals surface area (Å²) in [7, 11) is 0. The van der Waals surface area contributed by atoms with Crippen LogP contribution in [0.5, 0.6) is 0 Å². The second kappa shape index (κ2) is 3.74. The molecule has 14 heavy (non-hydrogen) atoms. The molecule has 0 aliphatic carbocycles. The Balaban J connectivity index is 2.42. The zero-order chi connectivity index (χ0) is 9.97. The van der Waals surface area contributed by atoms with E-state index in [-0.39, 0.29) is 0 Å². The number of nitrogens with zero attached hydrogens (tertiary/aromatic N) is 4. The van der Waals surface area contributed by atoms with Crippen molar-refractivity contribution < 1.29 is 0 Å². The standard InChI is InChI=1S/C10H14N4/c1-3-8(4-2)10-12-6-9-5-11-7-14(9)13-10/h5-8H,3-4H2,1-2H3. The summed E-state index contributed by atoms with van der Waals surface area (Å²) in [5.41, 5.74) is 0.944. The molecule has 0 aliphatic rings. The Hall–Kier alpha value is -1.45. The fourth-order valence-electron chi connectivity index (χ4n) is 1.58. The smallest absolute Gasteiger partial charge is 0.152 e. The van der Waals surface area contributed by atoms with E-state index in [9.17, 15) is 0 Å². The quantitative estimate of drug-likeness (QED) is 0.743. The van der Waals surface area contributed by atoms with Crippen molar-refractivity contribution in [3.63, 3.8) is 0 Å². The number of rotatable bonds is 3. The van der Waals surface area contributed by atoms with Crippen LogP contribution >= 0.6 is 0 Å². The fraction of sp³-hybridized carbons (Fsp3) is 0.500. The molecule has 0 unspecified atom stereocenters. The third kappa shape index (κ3) is 1.47. The van der Waals surface area contributed by atoms with Crippen molar-refractivity contribution in [3.8, 4) is 0 Å². The normalized spacial score (nSPS) is 11.4. The van der Waals surface area contributed by atoms with Crippen LogP contribution in [-0.4, -0.2) is 19.6 Å². The Morgan fingerprint density at radius 2 is 2.07 bits per heavy atom. The van der Waals surface area contributed by atoms with Crippen LogP contribution in [0.3, 0.4) is 0 Å². The first-order valence-corrected chi connectivity index (χ1v) is 5.00. The van der Waals surface area contributed by atoms with Gasteiger partial charge in [0, 0.05) is 5.92 Å². The van der Waals surface area contributed by atoms with Gasteiger partial charge in [-0.1, -0.05) is 13.8 Å². The Morgan fingerprint density at radius 1 is 1.29 bits per heavy atom. The summed E-state index contributed by atoms with van der Waals surface area (Å²) in [6.07, 6.45) is 7.46. The predicted molar refractivity (Wildman–Crippen MR) is 54.1 cm³/mol. The molecule has 74 valence electrons. The minimum Gasteiger partial charge on any atom is -0.242 e. The highest BCUT2D eigenvalue weighted by molar-refractivity contribution is 5.39. The van der Waals surface area contributed by atoms with Crippen LogP contribution < -0.4 is 0 Å². The van der Waals surface area contributed by atoms with Gasteiger partial charge in [-0.05, 0) is 12.8 Å². The zero-order valence-corrected chi connectivity index (χ0v) is 8.51. The molecule has 0 fully saturated rings. The summed E-state index contributed by atoms with van der Waals surface area (Å²) >= 11 is 0. The summed E-state index contributed by atoms with van der Waals surface area (Å²) in [5.74, 6) is 1.38. The summed E-state index contributed by atoms with van der Waals surface area (Å²) in [4.78, 5) is 8.36. The van der Waals surface area contributed by atoms with Crippen LogP contribution in [0.2, 0.25) is 0 Å².